The van der Waals surface area contributed by atoms with Gasteiger partial charge in [0, 0.05) is 36.6 Å². The van der Waals surface area contributed by atoms with Gasteiger partial charge in [0.25, 0.3) is 5.91 Å². The number of anilines is 1. The predicted octanol–water partition coefficient (Wildman–Crippen LogP) is 3.57. The van der Waals surface area contributed by atoms with Gasteiger partial charge in [0.1, 0.15) is 35.3 Å². The summed E-state index contributed by atoms with van der Waals surface area (Å²) in [5.74, 6) is 0.468. The number of ether oxygens (including phenoxy) is 1. The highest BCUT2D eigenvalue weighted by atomic mass is 19.1. The molecule has 0 saturated heterocycles. The molecule has 0 radical (unpaired) electrons. The number of benzene rings is 2. The minimum atomic E-state index is -0.672. The molecule has 2 N–H and O–H groups in total. The summed E-state index contributed by atoms with van der Waals surface area (Å²) in [5.41, 5.74) is 9.99. The molecule has 3 aromatic heterocycles. The lowest BCUT2D eigenvalue weighted by atomic mass is 10.0. The number of halogens is 1. The second-order valence-electron chi connectivity index (χ2n) is 8.48. The van der Waals surface area contributed by atoms with Crippen LogP contribution in [0.3, 0.4) is 0 Å². The number of nitrogen functional groups attached to an aromatic ring is 1. The van der Waals surface area contributed by atoms with Gasteiger partial charge >= 0.3 is 0 Å². The summed E-state index contributed by atoms with van der Waals surface area (Å²) in [4.78, 5) is 31.7. The number of carbonyl (C=O) groups is 1. The molecular formula is C25H20FN7O2. The number of amides is 1. The maximum atomic E-state index is 15.0. The second-order valence-corrected chi connectivity index (χ2v) is 8.48. The van der Waals surface area contributed by atoms with E-state index in [4.69, 9.17) is 10.5 Å². The average molecular weight is 469 g/mol. The Morgan fingerprint density at radius 2 is 1.94 bits per heavy atom. The highest BCUT2D eigenvalue weighted by molar-refractivity contribution is 5.98. The second kappa shape index (κ2) is 7.73. The van der Waals surface area contributed by atoms with Crippen LogP contribution in [0.1, 0.15) is 27.8 Å². The van der Waals surface area contributed by atoms with Crippen molar-refractivity contribution in [3.63, 3.8) is 0 Å². The Balaban J connectivity index is 1.34. The van der Waals surface area contributed by atoms with Crippen molar-refractivity contribution in [1.82, 2.24) is 29.2 Å². The molecule has 174 valence electrons. The molecule has 1 amide bonds. The normalized spacial score (nSPS) is 14.8. The molecule has 35 heavy (non-hydrogen) atoms. The number of likely N-dealkylation sites (N-methyl/N-ethyl adjacent to an activating group) is 1. The standard InChI is InChI=1S/C25H20FN7O2/c1-13-29-8-15(9-30-13)14-3-4-16-22(11-35-23(16)5-14)32(2)25(34)17-6-20-19(7-18(17)26)31-24(27)21-10-28-12-33(20)21/h3-10,12,22H,11H2,1-2H3,(H2,27,31)/t22-/m1/s1. The molecule has 10 heteroatoms. The Morgan fingerprint density at radius 3 is 2.74 bits per heavy atom. The number of fused-ring (bicyclic) bond motifs is 4. The summed E-state index contributed by atoms with van der Waals surface area (Å²) in [6, 6.07) is 8.11. The third-order valence-electron chi connectivity index (χ3n) is 6.37. The number of aryl methyl sites for hydroxylation is 1. The van der Waals surface area contributed by atoms with Crippen LogP contribution in [0, 0.1) is 12.7 Å². The van der Waals surface area contributed by atoms with E-state index in [1.54, 1.807) is 36.4 Å². The van der Waals surface area contributed by atoms with E-state index in [2.05, 4.69) is 19.9 Å². The van der Waals surface area contributed by atoms with Crippen molar-refractivity contribution in [1.29, 1.82) is 0 Å². The van der Waals surface area contributed by atoms with Gasteiger partial charge in [0.05, 0.1) is 35.2 Å². The van der Waals surface area contributed by atoms with Crippen molar-refractivity contribution < 1.29 is 13.9 Å². The fraction of sp³-hybridized carbons (Fsp3) is 0.160. The summed E-state index contributed by atoms with van der Waals surface area (Å²) in [7, 11) is 1.64. The lowest BCUT2D eigenvalue weighted by molar-refractivity contribution is 0.0704. The summed E-state index contributed by atoms with van der Waals surface area (Å²) >= 11 is 0. The van der Waals surface area contributed by atoms with E-state index in [1.165, 1.54) is 17.0 Å². The van der Waals surface area contributed by atoms with Crippen LogP contribution in [-0.2, 0) is 0 Å². The Kier molecular flexibility index (Phi) is 4.63. The van der Waals surface area contributed by atoms with Gasteiger partial charge in [-0.2, -0.15) is 0 Å². The van der Waals surface area contributed by atoms with E-state index in [1.807, 2.05) is 25.1 Å². The molecule has 0 saturated carbocycles. The largest absolute Gasteiger partial charge is 0.491 e. The zero-order valence-corrected chi connectivity index (χ0v) is 18.9. The molecule has 1 aliphatic rings. The number of aromatic nitrogens is 5. The van der Waals surface area contributed by atoms with Crippen molar-refractivity contribution in [3.8, 4) is 16.9 Å². The maximum Gasteiger partial charge on any atom is 0.257 e. The van der Waals surface area contributed by atoms with Gasteiger partial charge in [-0.3, -0.25) is 9.20 Å². The zero-order chi connectivity index (χ0) is 24.3. The van der Waals surface area contributed by atoms with Crippen LogP contribution in [0.4, 0.5) is 10.2 Å². The molecular weight excluding hydrogens is 449 g/mol. The van der Waals surface area contributed by atoms with Crippen molar-refractivity contribution in [3.05, 3.63) is 78.0 Å². The lowest BCUT2D eigenvalue weighted by Crippen LogP contribution is -2.32. The fourth-order valence-corrected chi connectivity index (χ4v) is 4.43. The number of rotatable bonds is 3. The van der Waals surface area contributed by atoms with Crippen LogP contribution >= 0.6 is 0 Å². The summed E-state index contributed by atoms with van der Waals surface area (Å²) in [6.45, 7) is 2.10. The molecule has 1 atom stereocenters. The molecule has 0 unspecified atom stereocenters. The fourth-order valence-electron chi connectivity index (χ4n) is 4.43. The summed E-state index contributed by atoms with van der Waals surface area (Å²) in [5, 5.41) is 0. The molecule has 0 bridgehead atoms. The van der Waals surface area contributed by atoms with Crippen molar-refractivity contribution in [2.75, 3.05) is 19.4 Å². The molecule has 0 aliphatic carbocycles. The predicted molar refractivity (Wildman–Crippen MR) is 127 cm³/mol. The Hall–Kier alpha value is -4.60. The third kappa shape index (κ3) is 3.33. The van der Waals surface area contributed by atoms with Gasteiger partial charge in [0.15, 0.2) is 0 Å². The minimum absolute atomic E-state index is 0.0663. The highest BCUT2D eigenvalue weighted by Gasteiger charge is 2.32. The first-order valence-electron chi connectivity index (χ1n) is 10.9. The van der Waals surface area contributed by atoms with E-state index < -0.39 is 11.7 Å². The van der Waals surface area contributed by atoms with Crippen LogP contribution in [0.25, 0.3) is 27.7 Å². The molecule has 0 fully saturated rings. The van der Waals surface area contributed by atoms with Crippen LogP contribution in [0.15, 0.2) is 55.2 Å². The zero-order valence-electron chi connectivity index (χ0n) is 18.9. The highest BCUT2D eigenvalue weighted by Crippen LogP contribution is 2.39. The number of hydrogen-bond acceptors (Lipinski definition) is 7. The number of nitrogens with two attached hydrogens (primary N) is 1. The first-order chi connectivity index (χ1) is 16.9. The molecule has 4 heterocycles. The first-order valence-corrected chi connectivity index (χ1v) is 10.9. The van der Waals surface area contributed by atoms with Gasteiger partial charge in [0.2, 0.25) is 0 Å². The van der Waals surface area contributed by atoms with Gasteiger partial charge in [-0.1, -0.05) is 12.1 Å². The smallest absolute Gasteiger partial charge is 0.257 e. The molecule has 2 aromatic carbocycles. The number of carbonyl (C=O) groups excluding carboxylic acids is 1. The van der Waals surface area contributed by atoms with E-state index in [0.717, 1.165) is 16.7 Å². The molecule has 5 aromatic rings. The summed E-state index contributed by atoms with van der Waals surface area (Å²) < 4.78 is 22.6. The van der Waals surface area contributed by atoms with Gasteiger partial charge in [-0.25, -0.2) is 24.3 Å². The quantitative estimate of drug-likeness (QED) is 0.430. The monoisotopic (exact) mass is 469 g/mol. The van der Waals surface area contributed by atoms with Crippen LogP contribution < -0.4 is 10.5 Å². The maximum absolute atomic E-state index is 15.0. The van der Waals surface area contributed by atoms with E-state index >= 15 is 4.39 Å². The van der Waals surface area contributed by atoms with Crippen LogP contribution in [0.5, 0.6) is 5.75 Å². The van der Waals surface area contributed by atoms with Crippen molar-refractivity contribution >= 4 is 28.3 Å². The van der Waals surface area contributed by atoms with Gasteiger partial charge < -0.3 is 15.4 Å². The number of hydrogen-bond donors (Lipinski definition) is 1. The van der Waals surface area contributed by atoms with E-state index in [-0.39, 0.29) is 24.0 Å². The van der Waals surface area contributed by atoms with Gasteiger partial charge in [-0.05, 0) is 24.6 Å². The molecule has 9 nitrogen and oxygen atoms in total. The lowest BCUT2D eigenvalue weighted by Gasteiger charge is -2.24. The Morgan fingerprint density at radius 1 is 1.14 bits per heavy atom. The minimum Gasteiger partial charge on any atom is -0.491 e. The molecule has 6 rings (SSSR count). The molecule has 0 spiro atoms. The average Bonchev–Trinajstić information content (AvgIpc) is 3.51. The van der Waals surface area contributed by atoms with Crippen LogP contribution in [-0.4, -0.2) is 48.8 Å². The SMILES string of the molecule is Cc1ncc(-c2ccc3c(c2)OC[C@H]3N(C)C(=O)c2cc3c(cc2F)nc(N)c2cncn23)cn1. The molecule has 1 aliphatic heterocycles. The topological polar surface area (TPSA) is 112 Å². The summed E-state index contributed by atoms with van der Waals surface area (Å²) in [6.07, 6.45) is 6.65. The third-order valence-corrected chi connectivity index (χ3v) is 6.37. The van der Waals surface area contributed by atoms with Crippen molar-refractivity contribution in [2.24, 2.45) is 0 Å². The Labute approximate surface area is 199 Å². The van der Waals surface area contributed by atoms with Crippen LogP contribution in [0.2, 0.25) is 0 Å². The Bertz CT molecular complexity index is 1630. The van der Waals surface area contributed by atoms with Crippen molar-refractivity contribution in [2.45, 2.75) is 13.0 Å². The number of imidazole rings is 1. The van der Waals surface area contributed by atoms with E-state index in [9.17, 15) is 4.79 Å². The van der Waals surface area contributed by atoms with E-state index in [0.29, 0.717) is 28.1 Å². The first kappa shape index (κ1) is 21.0. The van der Waals surface area contributed by atoms with Gasteiger partial charge in [-0.15, -0.1) is 0 Å². The number of nitrogens with zero attached hydrogens (tertiary/aromatic N) is 6.